The fraction of sp³-hybridized carbons (Fsp3) is 0.0909. The number of alkyl halides is 3. The van der Waals surface area contributed by atoms with Crippen molar-refractivity contribution in [2.45, 2.75) is 6.18 Å². The molecule has 0 aliphatic rings. The van der Waals surface area contributed by atoms with E-state index in [2.05, 4.69) is 4.98 Å². The van der Waals surface area contributed by atoms with Crippen LogP contribution < -0.4 is 0 Å². The Bertz CT molecular complexity index is 595. The van der Waals surface area contributed by atoms with Crippen LogP contribution in [0.2, 0.25) is 5.02 Å². The van der Waals surface area contributed by atoms with E-state index in [4.69, 9.17) is 11.6 Å². The lowest BCUT2D eigenvalue weighted by Crippen LogP contribution is -2.23. The number of fused-ring (bicyclic) bond motifs is 1. The van der Waals surface area contributed by atoms with Gasteiger partial charge in [0.1, 0.15) is 0 Å². The third kappa shape index (κ3) is 2.10. The van der Waals surface area contributed by atoms with Gasteiger partial charge in [0.15, 0.2) is 0 Å². The van der Waals surface area contributed by atoms with E-state index >= 15 is 0 Å². The van der Waals surface area contributed by atoms with Crippen LogP contribution in [0.15, 0.2) is 30.5 Å². The average Bonchev–Trinajstić information content (AvgIpc) is 2.27. The molecule has 0 bridgehead atoms. The summed E-state index contributed by atoms with van der Waals surface area (Å²) in [6.45, 7) is 0. The van der Waals surface area contributed by atoms with Crippen LogP contribution in [0.5, 0.6) is 0 Å². The van der Waals surface area contributed by atoms with Gasteiger partial charge in [-0.3, -0.25) is 9.78 Å². The maximum atomic E-state index is 12.4. The van der Waals surface area contributed by atoms with E-state index in [1.54, 1.807) is 12.1 Å². The Hall–Kier alpha value is -1.62. The summed E-state index contributed by atoms with van der Waals surface area (Å²) in [6.07, 6.45) is -3.65. The SMILES string of the molecule is O=C(c1c(Cl)ccc2cccnc12)C(F)(F)F. The number of hydrogen-bond donors (Lipinski definition) is 0. The van der Waals surface area contributed by atoms with Crippen molar-refractivity contribution in [3.05, 3.63) is 41.0 Å². The molecule has 0 amide bonds. The van der Waals surface area contributed by atoms with Crippen molar-refractivity contribution in [1.82, 2.24) is 4.98 Å². The number of halogens is 4. The molecule has 0 saturated heterocycles. The number of hydrogen-bond acceptors (Lipinski definition) is 2. The first-order chi connectivity index (χ1) is 7.91. The number of nitrogens with zero attached hydrogens (tertiary/aromatic N) is 1. The Morgan fingerprint density at radius 1 is 1.24 bits per heavy atom. The molecule has 0 unspecified atom stereocenters. The zero-order chi connectivity index (χ0) is 12.6. The molecule has 0 saturated carbocycles. The largest absolute Gasteiger partial charge is 0.455 e. The first kappa shape index (κ1) is 11.9. The van der Waals surface area contributed by atoms with Gasteiger partial charge >= 0.3 is 6.18 Å². The lowest BCUT2D eigenvalue weighted by Gasteiger charge is -2.09. The van der Waals surface area contributed by atoms with Gasteiger partial charge < -0.3 is 0 Å². The Balaban J connectivity index is 2.76. The van der Waals surface area contributed by atoms with E-state index in [9.17, 15) is 18.0 Å². The average molecular weight is 260 g/mol. The van der Waals surface area contributed by atoms with Crippen molar-refractivity contribution >= 4 is 28.3 Å². The minimum atomic E-state index is -4.96. The summed E-state index contributed by atoms with van der Waals surface area (Å²) in [5, 5.41) is 0.183. The molecule has 0 aliphatic carbocycles. The molecule has 0 spiro atoms. The molecule has 0 aliphatic heterocycles. The molecule has 0 fully saturated rings. The minimum absolute atomic E-state index is 0.0395. The van der Waals surface area contributed by atoms with Crippen molar-refractivity contribution in [1.29, 1.82) is 0 Å². The topological polar surface area (TPSA) is 30.0 Å². The molecular formula is C11H5ClF3NO. The lowest BCUT2D eigenvalue weighted by molar-refractivity contribution is -0.0884. The summed E-state index contributed by atoms with van der Waals surface area (Å²) >= 11 is 5.64. The Kier molecular flexibility index (Phi) is 2.79. The predicted octanol–water partition coefficient (Wildman–Crippen LogP) is 3.63. The van der Waals surface area contributed by atoms with E-state index in [0.29, 0.717) is 5.39 Å². The molecule has 2 aromatic rings. The van der Waals surface area contributed by atoms with Gasteiger partial charge in [0.2, 0.25) is 0 Å². The molecule has 6 heteroatoms. The summed E-state index contributed by atoms with van der Waals surface area (Å²) in [7, 11) is 0. The molecule has 2 nitrogen and oxygen atoms in total. The lowest BCUT2D eigenvalue weighted by atomic mass is 10.1. The third-order valence-corrected chi connectivity index (χ3v) is 2.52. The van der Waals surface area contributed by atoms with Crippen LogP contribution in [-0.2, 0) is 0 Å². The number of pyridine rings is 1. The number of aromatic nitrogens is 1. The molecule has 0 N–H and O–H groups in total. The van der Waals surface area contributed by atoms with Crippen LogP contribution in [0.4, 0.5) is 13.2 Å². The maximum absolute atomic E-state index is 12.4. The van der Waals surface area contributed by atoms with Gasteiger partial charge in [0.25, 0.3) is 5.78 Å². The zero-order valence-corrected chi connectivity index (χ0v) is 9.01. The van der Waals surface area contributed by atoms with Gasteiger partial charge in [-0.15, -0.1) is 0 Å². The summed E-state index contributed by atoms with van der Waals surface area (Å²) in [5.74, 6) is -1.98. The van der Waals surface area contributed by atoms with Gasteiger partial charge in [-0.1, -0.05) is 23.7 Å². The molecule has 1 aromatic carbocycles. The van der Waals surface area contributed by atoms with E-state index in [1.807, 2.05) is 0 Å². The van der Waals surface area contributed by atoms with Crippen molar-refractivity contribution in [2.24, 2.45) is 0 Å². The molecular weight excluding hydrogens is 255 g/mol. The summed E-state index contributed by atoms with van der Waals surface area (Å²) in [4.78, 5) is 15.0. The molecule has 1 heterocycles. The predicted molar refractivity (Wildman–Crippen MR) is 57.1 cm³/mol. The second-order valence-electron chi connectivity index (χ2n) is 3.32. The van der Waals surface area contributed by atoms with Crippen LogP contribution >= 0.6 is 11.6 Å². The Morgan fingerprint density at radius 3 is 2.59 bits per heavy atom. The fourth-order valence-corrected chi connectivity index (χ4v) is 1.72. The van der Waals surface area contributed by atoms with Crippen LogP contribution in [0, 0.1) is 0 Å². The van der Waals surface area contributed by atoms with E-state index < -0.39 is 17.5 Å². The Morgan fingerprint density at radius 2 is 1.94 bits per heavy atom. The minimum Gasteiger partial charge on any atom is -0.284 e. The van der Waals surface area contributed by atoms with Gasteiger partial charge in [0.05, 0.1) is 16.1 Å². The maximum Gasteiger partial charge on any atom is 0.455 e. The van der Waals surface area contributed by atoms with E-state index in [1.165, 1.54) is 18.3 Å². The van der Waals surface area contributed by atoms with Crippen molar-refractivity contribution in [3.63, 3.8) is 0 Å². The first-order valence-electron chi connectivity index (χ1n) is 4.56. The highest BCUT2D eigenvalue weighted by atomic mass is 35.5. The summed E-state index contributed by atoms with van der Waals surface area (Å²) in [5.41, 5.74) is -0.639. The Labute approximate surface area is 99.0 Å². The standard InChI is InChI=1S/C11H5ClF3NO/c12-7-4-3-6-2-1-5-16-9(6)8(7)10(17)11(13,14)15/h1-5H. The van der Waals surface area contributed by atoms with Crippen molar-refractivity contribution in [2.75, 3.05) is 0 Å². The van der Waals surface area contributed by atoms with Crippen molar-refractivity contribution < 1.29 is 18.0 Å². The number of Topliss-reactive ketones (excluding diaryl/α,β-unsaturated/α-hetero) is 1. The number of carbonyl (C=O) groups excluding carboxylic acids is 1. The molecule has 17 heavy (non-hydrogen) atoms. The summed E-state index contributed by atoms with van der Waals surface area (Å²) < 4.78 is 37.2. The number of ketones is 1. The quantitative estimate of drug-likeness (QED) is 0.732. The highest BCUT2D eigenvalue weighted by molar-refractivity contribution is 6.36. The van der Waals surface area contributed by atoms with Crippen LogP contribution in [0.25, 0.3) is 10.9 Å². The zero-order valence-electron chi connectivity index (χ0n) is 8.25. The monoisotopic (exact) mass is 259 g/mol. The van der Waals surface area contributed by atoms with Gasteiger partial charge in [-0.05, 0) is 12.1 Å². The number of benzene rings is 1. The highest BCUT2D eigenvalue weighted by Gasteiger charge is 2.41. The van der Waals surface area contributed by atoms with Gasteiger partial charge in [-0.2, -0.15) is 13.2 Å². The van der Waals surface area contributed by atoms with Crippen LogP contribution in [0.1, 0.15) is 10.4 Å². The second kappa shape index (κ2) is 4.00. The normalized spacial score (nSPS) is 11.8. The molecule has 0 radical (unpaired) electrons. The molecule has 88 valence electrons. The summed E-state index contributed by atoms with van der Waals surface area (Å²) in [6, 6.07) is 5.90. The fourth-order valence-electron chi connectivity index (χ4n) is 1.48. The van der Waals surface area contributed by atoms with Crippen molar-refractivity contribution in [3.8, 4) is 0 Å². The van der Waals surface area contributed by atoms with E-state index in [0.717, 1.165) is 0 Å². The van der Waals surface area contributed by atoms with Gasteiger partial charge in [0, 0.05) is 11.6 Å². The van der Waals surface area contributed by atoms with Crippen LogP contribution in [-0.4, -0.2) is 16.9 Å². The van der Waals surface area contributed by atoms with Crippen LogP contribution in [0.3, 0.4) is 0 Å². The van der Waals surface area contributed by atoms with E-state index in [-0.39, 0.29) is 10.5 Å². The smallest absolute Gasteiger partial charge is 0.284 e. The van der Waals surface area contributed by atoms with Gasteiger partial charge in [-0.25, -0.2) is 0 Å². The molecule has 2 rings (SSSR count). The number of rotatable bonds is 1. The number of carbonyl (C=O) groups is 1. The molecule has 1 aromatic heterocycles. The molecule has 0 atom stereocenters. The second-order valence-corrected chi connectivity index (χ2v) is 3.73. The first-order valence-corrected chi connectivity index (χ1v) is 4.94. The third-order valence-electron chi connectivity index (χ3n) is 2.21. The highest BCUT2D eigenvalue weighted by Crippen LogP contribution is 2.30.